The fourth-order valence-corrected chi connectivity index (χ4v) is 5.97. The van der Waals surface area contributed by atoms with E-state index in [4.69, 9.17) is 63.9 Å². The summed E-state index contributed by atoms with van der Waals surface area (Å²) in [5.41, 5.74) is 0. The number of halogens is 10. The van der Waals surface area contributed by atoms with Gasteiger partial charge in [0.15, 0.2) is 11.5 Å². The average Bonchev–Trinajstić information content (AvgIpc) is 3.33. The average molecular weight is 1880 g/mol. The molecule has 0 bridgehead atoms. The SMILES string of the molecule is CCO.CCOc1nc(I)ccc1OC.CC[O-].CI.COc1ccc(I)nc1Br.II.Oc1ccc(I)nc1Br.Oc1cccnc1Br.[2H]CF.[C-]#N.[C-]#[N+]c1ccc(OC)c(OCC)n1.[Cu+].[Na+]. The molecular weight excluding hydrogens is 1830 g/mol. The summed E-state index contributed by atoms with van der Waals surface area (Å²) in [5, 5.41) is 40.5. The van der Waals surface area contributed by atoms with Crippen LogP contribution in [0.25, 0.3) is 4.85 Å². The van der Waals surface area contributed by atoms with Crippen LogP contribution in [-0.4, -0.2) is 100 Å². The molecule has 16 nitrogen and oxygen atoms in total. The third-order valence-corrected chi connectivity index (χ3v) is 8.82. The number of alkyl halides is 2. The normalized spacial score (nSPS) is 8.16. The fourth-order valence-electron chi connectivity index (χ4n) is 3.01. The summed E-state index contributed by atoms with van der Waals surface area (Å²) in [5.74, 6) is 3.59. The van der Waals surface area contributed by atoms with E-state index in [2.05, 4.69) is 205 Å². The van der Waals surface area contributed by atoms with Gasteiger partial charge >= 0.3 is 52.5 Å². The minimum Gasteiger partial charge on any atom is -0.855 e. The molecule has 0 radical (unpaired) electrons. The van der Waals surface area contributed by atoms with Crippen LogP contribution in [0.3, 0.4) is 0 Å². The molecule has 380 valence electrons. The Morgan fingerprint density at radius 2 is 1.06 bits per heavy atom. The standard InChI is InChI=1S/C9H10N2O2.C8H10INO2.C6H5BrINO.C5H3BrINO.C5H4BrNO.C2H6O.C2H5O.CH3F.CH3I.CN.Cu.I2.Na/c1-4-13-9-7(12-3)5-6-8(10-2)11-9;1-3-12-8-6(11-2)4-5-7(9)10-8;1-10-4-2-3-5(8)9-6(4)7;6-5-3(9)1-2-4(7)8-5;6-5-4(8)2-1-3-7-5;2*1-2-3;3*1-2;;1-2;/h5-6H,4H2,1,3H3;4-5H,3H2,1-2H3;2-3H,1H3;1-2,9H;1-3,8H;3H,2H2,1H3;2H2,1H3;2*1H3;;;;/q;;;;;;-1;;;-1;+1;;+1/i;;;;;;;1D;;;;;. The summed E-state index contributed by atoms with van der Waals surface area (Å²) in [6.07, 6.45) is 1.60. The Balaban J connectivity index is -0.000000105. The summed E-state index contributed by atoms with van der Waals surface area (Å²) >= 11 is 22.1. The number of hydrogen-bond acceptors (Lipinski definition) is 15. The molecule has 0 aromatic carbocycles. The number of aromatic nitrogens is 5. The van der Waals surface area contributed by atoms with Gasteiger partial charge in [0.2, 0.25) is 5.75 Å². The summed E-state index contributed by atoms with van der Waals surface area (Å²) in [7, 11) is 3.76. The topological polar surface area (TPSA) is 222 Å². The van der Waals surface area contributed by atoms with Crippen LogP contribution in [0.5, 0.6) is 40.5 Å². The number of ether oxygens (including phenoxy) is 5. The van der Waals surface area contributed by atoms with Gasteiger partial charge in [0, 0.05) is 50.0 Å². The van der Waals surface area contributed by atoms with Crippen molar-refractivity contribution in [3.05, 3.63) is 110 Å². The van der Waals surface area contributed by atoms with E-state index >= 15 is 0 Å². The maximum absolute atomic E-state index is 9.96. The second-order valence-electron chi connectivity index (χ2n) is 9.29. The zero-order valence-electron chi connectivity index (χ0n) is 38.9. The smallest absolute Gasteiger partial charge is 0.855 e. The number of aliphatic hydroxyl groups is 1. The van der Waals surface area contributed by atoms with Crippen LogP contribution in [0.15, 0.2) is 80.7 Å². The van der Waals surface area contributed by atoms with Crippen molar-refractivity contribution in [1.29, 1.82) is 5.26 Å². The summed E-state index contributed by atoms with van der Waals surface area (Å²) in [6.45, 7) is 19.9. The molecule has 0 saturated carbocycles. The Morgan fingerprint density at radius 1 is 0.706 bits per heavy atom. The van der Waals surface area contributed by atoms with E-state index < -0.39 is 7.15 Å². The Hall–Kier alpha value is 0.519. The van der Waals surface area contributed by atoms with Crippen LogP contribution in [0.2, 0.25) is 0 Å². The predicted octanol–water partition coefficient (Wildman–Crippen LogP) is 10.2. The minimum absolute atomic E-state index is 0. The van der Waals surface area contributed by atoms with Gasteiger partial charge < -0.3 is 60.8 Å². The first kappa shape index (κ1) is 82.5. The number of pyridine rings is 5. The third kappa shape index (κ3) is 47.5. The van der Waals surface area contributed by atoms with Crippen molar-refractivity contribution in [3.63, 3.8) is 0 Å². The first-order valence-electron chi connectivity index (χ1n) is 18.1. The van der Waals surface area contributed by atoms with Crippen molar-refractivity contribution in [2.45, 2.75) is 27.7 Å². The molecule has 5 aromatic rings. The number of aliphatic hydroxyl groups excluding tert-OH is 1. The molecule has 0 amide bonds. The van der Waals surface area contributed by atoms with Crippen molar-refractivity contribution in [3.8, 4) is 40.5 Å². The molecule has 0 aliphatic rings. The van der Waals surface area contributed by atoms with Crippen LogP contribution < -0.4 is 58.3 Å². The van der Waals surface area contributed by atoms with E-state index in [0.717, 1.165) is 21.5 Å². The van der Waals surface area contributed by atoms with Crippen molar-refractivity contribution < 1.29 is 96.5 Å². The van der Waals surface area contributed by atoms with Gasteiger partial charge in [-0.15, -0.1) is 6.61 Å². The van der Waals surface area contributed by atoms with Crippen LogP contribution in [0.1, 0.15) is 29.1 Å². The molecule has 0 unspecified atom stereocenters. The Morgan fingerprint density at radius 3 is 1.38 bits per heavy atom. The van der Waals surface area contributed by atoms with Crippen LogP contribution in [-0.2, 0) is 17.1 Å². The predicted molar refractivity (Wildman–Crippen MR) is 317 cm³/mol. The first-order chi connectivity index (χ1) is 32.1. The van der Waals surface area contributed by atoms with Gasteiger partial charge in [-0.05, 0) is 202 Å². The van der Waals surface area contributed by atoms with Crippen LogP contribution in [0, 0.1) is 29.5 Å². The number of rotatable bonds is 7. The summed E-state index contributed by atoms with van der Waals surface area (Å²) < 4.78 is 45.5. The minimum atomic E-state index is -1.00. The molecule has 5 heterocycles. The number of nitrogens with zero attached hydrogens (tertiary/aromatic N) is 7. The van der Waals surface area contributed by atoms with Crippen molar-refractivity contribution in [2.75, 3.05) is 59.8 Å². The Bertz CT molecular complexity index is 2000. The summed E-state index contributed by atoms with van der Waals surface area (Å²) in [4.78, 5) is 25.1. The number of aromatic hydroxyl groups is 2. The molecule has 5 aromatic heterocycles. The van der Waals surface area contributed by atoms with Crippen molar-refractivity contribution in [2.24, 2.45) is 0 Å². The van der Waals surface area contributed by atoms with Gasteiger partial charge in [-0.1, -0.05) is 41.1 Å². The summed E-state index contributed by atoms with van der Waals surface area (Å²) in [6, 6.07) is 17.3. The van der Waals surface area contributed by atoms with Gasteiger partial charge in [0.25, 0.3) is 11.7 Å². The maximum Gasteiger partial charge on any atom is 1.00 e. The molecule has 28 heteroatoms. The zero-order valence-corrected chi connectivity index (χ0v) is 58.5. The largest absolute Gasteiger partial charge is 1.00 e. The van der Waals surface area contributed by atoms with E-state index in [0.29, 0.717) is 51.5 Å². The molecule has 0 fully saturated rings. The van der Waals surface area contributed by atoms with Gasteiger partial charge in [-0.2, -0.15) is 0 Å². The zero-order chi connectivity index (χ0) is 53.2. The van der Waals surface area contributed by atoms with Gasteiger partial charge in [0.1, 0.15) is 36.4 Å². The number of methoxy groups -OCH3 is 3. The Labute approximate surface area is 537 Å². The van der Waals surface area contributed by atoms with Gasteiger partial charge in [-0.25, -0.2) is 19.9 Å². The van der Waals surface area contributed by atoms with Crippen LogP contribution >= 0.6 is 175 Å². The van der Waals surface area contributed by atoms with E-state index in [9.17, 15) is 4.39 Å². The molecular formula is C40H49Br3CuFI6N7NaO9. The Kier molecular flexibility index (Phi) is 77.2. The molecule has 0 saturated heterocycles. The monoisotopic (exact) mass is 1880 g/mol. The molecule has 0 spiro atoms. The fraction of sp³-hybridized carbons (Fsp3) is 0.325. The second kappa shape index (κ2) is 63.6. The molecule has 5 rings (SSSR count). The molecule has 3 N–H and O–H groups in total. The second-order valence-corrected chi connectivity index (χ2v) is 14.9. The number of hydrogen-bond donors (Lipinski definition) is 3. The van der Waals surface area contributed by atoms with E-state index in [-0.39, 0.29) is 71.3 Å². The van der Waals surface area contributed by atoms with Crippen molar-refractivity contribution in [1.82, 2.24) is 24.9 Å². The van der Waals surface area contributed by atoms with E-state index in [1.165, 1.54) is 7.11 Å². The third-order valence-electron chi connectivity index (χ3n) is 5.25. The van der Waals surface area contributed by atoms with Gasteiger partial charge in [0.05, 0.1) is 43.1 Å². The van der Waals surface area contributed by atoms with E-state index in [1.807, 2.05) is 43.0 Å². The maximum atomic E-state index is 9.96. The molecule has 0 aliphatic heterocycles. The molecule has 68 heavy (non-hydrogen) atoms. The van der Waals surface area contributed by atoms with E-state index in [1.54, 1.807) is 70.7 Å². The van der Waals surface area contributed by atoms with Crippen LogP contribution in [0.4, 0.5) is 10.2 Å². The van der Waals surface area contributed by atoms with Crippen molar-refractivity contribution >= 4 is 181 Å². The molecule has 0 atom stereocenters. The molecule has 0 aliphatic carbocycles. The van der Waals surface area contributed by atoms with Gasteiger partial charge in [-0.3, -0.25) is 4.39 Å². The quantitative estimate of drug-likeness (QED) is 0.0453. The first-order valence-corrected chi connectivity index (χ1v) is 31.5.